The van der Waals surface area contributed by atoms with E-state index in [1.54, 1.807) is 42.7 Å². The zero-order chi connectivity index (χ0) is 16.2. The van der Waals surface area contributed by atoms with Gasteiger partial charge in [-0.25, -0.2) is 15.2 Å². The highest BCUT2D eigenvalue weighted by Gasteiger charge is 2.08. The molecule has 3 rings (SSSR count). The second-order valence-corrected chi connectivity index (χ2v) is 4.73. The monoisotopic (exact) mass is 308 g/mol. The number of carboxylic acid groups (broad SMARTS) is 1. The number of nitrogens with zero attached hydrogens (tertiary/aromatic N) is 2. The normalized spacial score (nSPS) is 11.0. The number of hydrogen-bond donors (Lipinski definition) is 3. The van der Waals surface area contributed by atoms with Crippen molar-refractivity contribution in [3.05, 3.63) is 65.5 Å². The van der Waals surface area contributed by atoms with Gasteiger partial charge in [0, 0.05) is 11.1 Å². The molecule has 23 heavy (non-hydrogen) atoms. The number of carboxylic acids is 1. The van der Waals surface area contributed by atoms with Gasteiger partial charge in [0.05, 0.1) is 29.1 Å². The van der Waals surface area contributed by atoms with Crippen LogP contribution in [0.25, 0.3) is 11.0 Å². The third kappa shape index (κ3) is 3.08. The average molecular weight is 308 g/mol. The summed E-state index contributed by atoms with van der Waals surface area (Å²) in [6.07, 6.45) is 2.85. The topological polar surface area (TPSA) is 107 Å². The fourth-order valence-corrected chi connectivity index (χ4v) is 2.11. The molecule has 1 aromatic heterocycles. The molecule has 0 saturated heterocycles. The molecule has 0 atom stereocenters. The molecule has 3 N–H and O–H groups in total. The summed E-state index contributed by atoms with van der Waals surface area (Å²) in [5.74, 6) is -1.45. The first-order valence-electron chi connectivity index (χ1n) is 6.74. The molecule has 2 aromatic carbocycles. The first-order chi connectivity index (χ1) is 11.1. The molecule has 0 fully saturated rings. The summed E-state index contributed by atoms with van der Waals surface area (Å²) in [5.41, 5.74) is 4.83. The number of hydrazone groups is 1. The van der Waals surface area contributed by atoms with E-state index < -0.39 is 11.9 Å². The second-order valence-electron chi connectivity index (χ2n) is 4.73. The number of rotatable bonds is 4. The van der Waals surface area contributed by atoms with Crippen molar-refractivity contribution in [2.75, 3.05) is 0 Å². The van der Waals surface area contributed by atoms with E-state index in [0.717, 1.165) is 11.0 Å². The number of fused-ring (bicyclic) bond motifs is 1. The quantitative estimate of drug-likeness (QED) is 0.506. The van der Waals surface area contributed by atoms with Crippen LogP contribution in [-0.2, 0) is 0 Å². The van der Waals surface area contributed by atoms with Gasteiger partial charge in [0.15, 0.2) is 0 Å². The summed E-state index contributed by atoms with van der Waals surface area (Å²) in [4.78, 5) is 30.1. The van der Waals surface area contributed by atoms with Gasteiger partial charge in [0.25, 0.3) is 5.91 Å². The standard InChI is InChI=1S/C16H12N4O3/c21-15(10-5-6-13-14(7-10)18-9-17-13)20-19-8-11-3-1-2-4-12(11)16(22)23/h1-9H,(H,17,18)(H,20,21)(H,22,23)/b19-8-. The fraction of sp³-hybridized carbons (Fsp3) is 0. The maximum atomic E-state index is 12.0. The number of carbonyl (C=O) groups excluding carboxylic acids is 1. The number of aromatic nitrogens is 2. The van der Waals surface area contributed by atoms with E-state index in [-0.39, 0.29) is 5.56 Å². The Balaban J connectivity index is 1.75. The predicted octanol–water partition coefficient (Wildman–Crippen LogP) is 2.02. The van der Waals surface area contributed by atoms with Crippen LogP contribution in [0.3, 0.4) is 0 Å². The molecule has 0 aliphatic carbocycles. The highest BCUT2D eigenvalue weighted by molar-refractivity contribution is 6.00. The number of H-pyrrole nitrogens is 1. The molecule has 3 aromatic rings. The Labute approximate surface area is 130 Å². The lowest BCUT2D eigenvalue weighted by atomic mass is 10.1. The van der Waals surface area contributed by atoms with Gasteiger partial charge in [-0.1, -0.05) is 18.2 Å². The zero-order valence-electron chi connectivity index (χ0n) is 11.9. The summed E-state index contributed by atoms with van der Waals surface area (Å²) in [6.45, 7) is 0. The Hall–Kier alpha value is -3.48. The van der Waals surface area contributed by atoms with Crippen molar-refractivity contribution in [1.82, 2.24) is 15.4 Å². The van der Waals surface area contributed by atoms with Crippen molar-refractivity contribution in [3.63, 3.8) is 0 Å². The van der Waals surface area contributed by atoms with E-state index in [0.29, 0.717) is 11.1 Å². The fourth-order valence-electron chi connectivity index (χ4n) is 2.11. The smallest absolute Gasteiger partial charge is 0.336 e. The molecular formula is C16H12N4O3. The van der Waals surface area contributed by atoms with Crippen LogP contribution in [0.2, 0.25) is 0 Å². The highest BCUT2D eigenvalue weighted by atomic mass is 16.4. The molecule has 0 bridgehead atoms. The van der Waals surface area contributed by atoms with Crippen LogP contribution in [-0.4, -0.2) is 33.2 Å². The van der Waals surface area contributed by atoms with Gasteiger partial charge in [-0.15, -0.1) is 0 Å². The van der Waals surface area contributed by atoms with Gasteiger partial charge in [0.2, 0.25) is 0 Å². The SMILES string of the molecule is O=C(N/N=C\c1ccccc1C(=O)O)c1ccc2nc[nH]c2c1. The van der Waals surface area contributed by atoms with E-state index in [4.69, 9.17) is 5.11 Å². The zero-order valence-corrected chi connectivity index (χ0v) is 11.9. The van der Waals surface area contributed by atoms with Crippen molar-refractivity contribution >= 4 is 29.1 Å². The minimum atomic E-state index is -1.05. The molecule has 7 heteroatoms. The molecule has 7 nitrogen and oxygen atoms in total. The van der Waals surface area contributed by atoms with E-state index in [2.05, 4.69) is 20.5 Å². The molecule has 0 aliphatic heterocycles. The molecule has 0 unspecified atom stereocenters. The second kappa shape index (κ2) is 6.10. The average Bonchev–Trinajstić information content (AvgIpc) is 3.02. The van der Waals surface area contributed by atoms with Gasteiger partial charge in [-0.3, -0.25) is 4.79 Å². The summed E-state index contributed by atoms with van der Waals surface area (Å²) in [5, 5.41) is 12.9. The Bertz CT molecular complexity index is 914. The van der Waals surface area contributed by atoms with Crippen LogP contribution in [0.4, 0.5) is 0 Å². The highest BCUT2D eigenvalue weighted by Crippen LogP contribution is 2.11. The number of aromatic carboxylic acids is 1. The number of aromatic amines is 1. The number of hydrogen-bond acceptors (Lipinski definition) is 4. The summed E-state index contributed by atoms with van der Waals surface area (Å²) < 4.78 is 0. The summed E-state index contributed by atoms with van der Waals surface area (Å²) >= 11 is 0. The summed E-state index contributed by atoms with van der Waals surface area (Å²) in [6, 6.07) is 11.4. The molecule has 0 saturated carbocycles. The number of amides is 1. The minimum Gasteiger partial charge on any atom is -0.478 e. The van der Waals surface area contributed by atoms with E-state index in [9.17, 15) is 9.59 Å². The van der Waals surface area contributed by atoms with Crippen LogP contribution in [0.5, 0.6) is 0 Å². The molecule has 0 spiro atoms. The van der Waals surface area contributed by atoms with Crippen molar-refractivity contribution in [3.8, 4) is 0 Å². The molecular weight excluding hydrogens is 296 g/mol. The van der Waals surface area contributed by atoms with Crippen LogP contribution >= 0.6 is 0 Å². The molecule has 1 amide bonds. The van der Waals surface area contributed by atoms with Gasteiger partial charge in [-0.2, -0.15) is 5.10 Å². The van der Waals surface area contributed by atoms with E-state index >= 15 is 0 Å². The first-order valence-corrected chi connectivity index (χ1v) is 6.74. The third-order valence-corrected chi connectivity index (χ3v) is 3.24. The van der Waals surface area contributed by atoms with Crippen LogP contribution in [0, 0.1) is 0 Å². The molecule has 1 heterocycles. The lowest BCUT2D eigenvalue weighted by Gasteiger charge is -2.01. The third-order valence-electron chi connectivity index (χ3n) is 3.24. The van der Waals surface area contributed by atoms with Crippen LogP contribution in [0.1, 0.15) is 26.3 Å². The van der Waals surface area contributed by atoms with Gasteiger partial charge < -0.3 is 10.1 Å². The number of nitrogens with one attached hydrogen (secondary N) is 2. The Kier molecular flexibility index (Phi) is 3.84. The predicted molar refractivity (Wildman–Crippen MR) is 84.6 cm³/mol. The van der Waals surface area contributed by atoms with E-state index in [1.807, 2.05) is 0 Å². The number of benzene rings is 2. The van der Waals surface area contributed by atoms with Crippen molar-refractivity contribution in [2.24, 2.45) is 5.10 Å². The molecule has 0 aliphatic rings. The van der Waals surface area contributed by atoms with Crippen LogP contribution < -0.4 is 5.43 Å². The Morgan fingerprint density at radius 1 is 1.22 bits per heavy atom. The maximum Gasteiger partial charge on any atom is 0.336 e. The number of imidazole rings is 1. The van der Waals surface area contributed by atoms with E-state index in [1.165, 1.54) is 12.3 Å². The number of carbonyl (C=O) groups is 2. The van der Waals surface area contributed by atoms with Gasteiger partial charge >= 0.3 is 5.97 Å². The van der Waals surface area contributed by atoms with Crippen molar-refractivity contribution in [2.45, 2.75) is 0 Å². The minimum absolute atomic E-state index is 0.115. The van der Waals surface area contributed by atoms with Gasteiger partial charge in [-0.05, 0) is 24.3 Å². The molecule has 114 valence electrons. The Morgan fingerprint density at radius 3 is 2.87 bits per heavy atom. The van der Waals surface area contributed by atoms with Gasteiger partial charge in [0.1, 0.15) is 0 Å². The Morgan fingerprint density at radius 2 is 2.04 bits per heavy atom. The van der Waals surface area contributed by atoms with Crippen molar-refractivity contribution < 1.29 is 14.7 Å². The lowest BCUT2D eigenvalue weighted by molar-refractivity contribution is 0.0696. The first kappa shape index (κ1) is 14.5. The molecule has 0 radical (unpaired) electrons. The maximum absolute atomic E-state index is 12.0. The van der Waals surface area contributed by atoms with Crippen molar-refractivity contribution in [1.29, 1.82) is 0 Å². The van der Waals surface area contributed by atoms with Crippen LogP contribution in [0.15, 0.2) is 53.9 Å². The summed E-state index contributed by atoms with van der Waals surface area (Å²) in [7, 11) is 0. The lowest BCUT2D eigenvalue weighted by Crippen LogP contribution is -2.17. The largest absolute Gasteiger partial charge is 0.478 e.